The summed E-state index contributed by atoms with van der Waals surface area (Å²) < 4.78 is 5.44. The van der Waals surface area contributed by atoms with Gasteiger partial charge in [-0.15, -0.1) is 0 Å². The molecular formula is C11H15NO2. The maximum atomic E-state index is 11.5. The fraction of sp³-hybridized carbons (Fsp3) is 0.545. The first-order valence-corrected chi connectivity index (χ1v) is 5.02. The first kappa shape index (κ1) is 9.31. The summed E-state index contributed by atoms with van der Waals surface area (Å²) in [5, 5.41) is 2.90. The monoisotopic (exact) mass is 193 g/mol. The molecule has 14 heavy (non-hydrogen) atoms. The lowest BCUT2D eigenvalue weighted by atomic mass is 9.74. The molecule has 1 amide bonds. The number of amides is 1. The van der Waals surface area contributed by atoms with Crippen molar-refractivity contribution in [3.05, 3.63) is 24.2 Å². The lowest BCUT2D eigenvalue weighted by molar-refractivity contribution is -0.122. The van der Waals surface area contributed by atoms with E-state index < -0.39 is 0 Å². The Labute approximate surface area is 83.5 Å². The molecule has 2 rings (SSSR count). The second-order valence-corrected chi connectivity index (χ2v) is 3.93. The fourth-order valence-corrected chi connectivity index (χ4v) is 2.27. The number of nitrogens with one attached hydrogen (secondary N) is 1. The number of carbonyl (C=O) groups is 1. The first-order valence-electron chi connectivity index (χ1n) is 5.02. The van der Waals surface area contributed by atoms with Crippen LogP contribution in [-0.2, 0) is 10.2 Å². The lowest BCUT2D eigenvalue weighted by Gasteiger charge is -2.27. The molecule has 3 nitrogen and oxygen atoms in total. The zero-order chi connectivity index (χ0) is 10.2. The van der Waals surface area contributed by atoms with Gasteiger partial charge in [0.2, 0.25) is 5.91 Å². The SMILES string of the molecule is CCC1(c2ccco2)CNC(=O)C1C. The molecule has 1 fully saturated rings. The van der Waals surface area contributed by atoms with Gasteiger partial charge < -0.3 is 9.73 Å². The standard InChI is InChI=1S/C11H15NO2/c1-3-11(9-5-4-6-14-9)7-12-10(13)8(11)2/h4-6,8H,3,7H2,1-2H3,(H,12,13). The maximum absolute atomic E-state index is 11.5. The van der Waals surface area contributed by atoms with E-state index in [0.717, 1.165) is 12.2 Å². The molecule has 0 radical (unpaired) electrons. The summed E-state index contributed by atoms with van der Waals surface area (Å²) in [4.78, 5) is 11.5. The van der Waals surface area contributed by atoms with Gasteiger partial charge in [-0.2, -0.15) is 0 Å². The number of hydrogen-bond acceptors (Lipinski definition) is 2. The van der Waals surface area contributed by atoms with E-state index in [2.05, 4.69) is 12.2 Å². The Bertz CT molecular complexity index is 331. The molecule has 1 saturated heterocycles. The van der Waals surface area contributed by atoms with Crippen LogP contribution in [0.4, 0.5) is 0 Å². The van der Waals surface area contributed by atoms with Crippen LogP contribution >= 0.6 is 0 Å². The van der Waals surface area contributed by atoms with Crippen LogP contribution < -0.4 is 5.32 Å². The van der Waals surface area contributed by atoms with Gasteiger partial charge in [0.15, 0.2) is 0 Å². The van der Waals surface area contributed by atoms with Crippen LogP contribution in [-0.4, -0.2) is 12.5 Å². The van der Waals surface area contributed by atoms with E-state index >= 15 is 0 Å². The Hall–Kier alpha value is -1.25. The van der Waals surface area contributed by atoms with Crippen LogP contribution in [0.2, 0.25) is 0 Å². The molecule has 0 spiro atoms. The second-order valence-electron chi connectivity index (χ2n) is 3.93. The third kappa shape index (κ3) is 1.08. The summed E-state index contributed by atoms with van der Waals surface area (Å²) in [6, 6.07) is 3.84. The number of hydrogen-bond donors (Lipinski definition) is 1. The Morgan fingerprint density at radius 3 is 2.93 bits per heavy atom. The van der Waals surface area contributed by atoms with Crippen molar-refractivity contribution in [2.45, 2.75) is 25.7 Å². The minimum absolute atomic E-state index is 0.00125. The molecule has 1 aliphatic heterocycles. The van der Waals surface area contributed by atoms with E-state index in [1.807, 2.05) is 19.1 Å². The highest BCUT2D eigenvalue weighted by molar-refractivity contribution is 5.83. The molecule has 0 bridgehead atoms. The van der Waals surface area contributed by atoms with Gasteiger partial charge in [-0.05, 0) is 18.6 Å². The average molecular weight is 193 g/mol. The summed E-state index contributed by atoms with van der Waals surface area (Å²) in [6.07, 6.45) is 2.59. The highest BCUT2D eigenvalue weighted by Crippen LogP contribution is 2.39. The normalized spacial score (nSPS) is 31.9. The third-order valence-electron chi connectivity index (χ3n) is 3.44. The summed E-state index contributed by atoms with van der Waals surface area (Å²) in [5.41, 5.74) is -0.138. The summed E-state index contributed by atoms with van der Waals surface area (Å²) in [7, 11) is 0. The van der Waals surface area contributed by atoms with Gasteiger partial charge >= 0.3 is 0 Å². The minimum atomic E-state index is -0.138. The molecule has 2 heterocycles. The highest BCUT2D eigenvalue weighted by Gasteiger charge is 2.47. The average Bonchev–Trinajstić information content (AvgIpc) is 2.79. The maximum Gasteiger partial charge on any atom is 0.223 e. The zero-order valence-electron chi connectivity index (χ0n) is 8.54. The zero-order valence-corrected chi connectivity index (χ0v) is 8.54. The van der Waals surface area contributed by atoms with E-state index in [0.29, 0.717) is 6.54 Å². The fourth-order valence-electron chi connectivity index (χ4n) is 2.27. The first-order chi connectivity index (χ1) is 6.70. The van der Waals surface area contributed by atoms with Gasteiger partial charge in [0, 0.05) is 12.5 Å². The molecule has 1 aromatic heterocycles. The molecule has 1 aliphatic rings. The van der Waals surface area contributed by atoms with Gasteiger partial charge in [-0.25, -0.2) is 0 Å². The van der Waals surface area contributed by atoms with E-state index in [9.17, 15) is 4.79 Å². The van der Waals surface area contributed by atoms with Crippen molar-refractivity contribution < 1.29 is 9.21 Å². The van der Waals surface area contributed by atoms with Gasteiger partial charge in [0.05, 0.1) is 11.7 Å². The van der Waals surface area contributed by atoms with Gasteiger partial charge in [-0.1, -0.05) is 13.8 Å². The van der Waals surface area contributed by atoms with Crippen LogP contribution in [0.15, 0.2) is 22.8 Å². The molecule has 2 atom stereocenters. The summed E-state index contributed by atoms with van der Waals surface area (Å²) in [6.45, 7) is 4.75. The van der Waals surface area contributed by atoms with Crippen LogP contribution in [0.5, 0.6) is 0 Å². The van der Waals surface area contributed by atoms with E-state index in [1.54, 1.807) is 6.26 Å². The van der Waals surface area contributed by atoms with Crippen molar-refractivity contribution in [2.75, 3.05) is 6.54 Å². The molecular weight excluding hydrogens is 178 g/mol. The van der Waals surface area contributed by atoms with Crippen LogP contribution in [0.1, 0.15) is 26.0 Å². The summed E-state index contributed by atoms with van der Waals surface area (Å²) in [5.74, 6) is 1.05. The Balaban J connectivity index is 2.40. The van der Waals surface area contributed by atoms with Crippen LogP contribution in [0.3, 0.4) is 0 Å². The molecule has 1 N–H and O–H groups in total. The molecule has 0 saturated carbocycles. The molecule has 2 unspecified atom stereocenters. The van der Waals surface area contributed by atoms with Gasteiger partial charge in [0.1, 0.15) is 5.76 Å². The predicted octanol–water partition coefficient (Wildman–Crippen LogP) is 1.69. The van der Waals surface area contributed by atoms with Gasteiger partial charge in [-0.3, -0.25) is 4.79 Å². The predicted molar refractivity (Wildman–Crippen MR) is 52.9 cm³/mol. The van der Waals surface area contributed by atoms with Crippen LogP contribution in [0.25, 0.3) is 0 Å². The highest BCUT2D eigenvalue weighted by atomic mass is 16.3. The van der Waals surface area contributed by atoms with Crippen molar-refractivity contribution in [1.82, 2.24) is 5.32 Å². The van der Waals surface area contributed by atoms with Crippen molar-refractivity contribution in [2.24, 2.45) is 5.92 Å². The minimum Gasteiger partial charge on any atom is -0.469 e. The van der Waals surface area contributed by atoms with Crippen molar-refractivity contribution in [3.8, 4) is 0 Å². The third-order valence-corrected chi connectivity index (χ3v) is 3.44. The Morgan fingerprint density at radius 1 is 1.71 bits per heavy atom. The van der Waals surface area contributed by atoms with Crippen molar-refractivity contribution in [3.63, 3.8) is 0 Å². The smallest absolute Gasteiger partial charge is 0.223 e. The molecule has 0 aromatic carbocycles. The molecule has 76 valence electrons. The van der Waals surface area contributed by atoms with Crippen molar-refractivity contribution >= 4 is 5.91 Å². The van der Waals surface area contributed by atoms with Gasteiger partial charge in [0.25, 0.3) is 0 Å². The largest absolute Gasteiger partial charge is 0.469 e. The number of carbonyl (C=O) groups excluding carboxylic acids is 1. The van der Waals surface area contributed by atoms with E-state index in [-0.39, 0.29) is 17.2 Å². The quantitative estimate of drug-likeness (QED) is 0.776. The van der Waals surface area contributed by atoms with E-state index in [4.69, 9.17) is 4.42 Å². The molecule has 1 aromatic rings. The number of furan rings is 1. The molecule has 0 aliphatic carbocycles. The van der Waals surface area contributed by atoms with Crippen molar-refractivity contribution in [1.29, 1.82) is 0 Å². The summed E-state index contributed by atoms with van der Waals surface area (Å²) >= 11 is 0. The Morgan fingerprint density at radius 2 is 2.50 bits per heavy atom. The number of rotatable bonds is 2. The molecule has 3 heteroatoms. The second kappa shape index (κ2) is 3.15. The van der Waals surface area contributed by atoms with Crippen LogP contribution in [0, 0.1) is 5.92 Å². The lowest BCUT2D eigenvalue weighted by Crippen LogP contribution is -2.33. The topological polar surface area (TPSA) is 42.2 Å². The van der Waals surface area contributed by atoms with E-state index in [1.165, 1.54) is 0 Å². The Kier molecular flexibility index (Phi) is 2.10.